The molecular formula is C11H12ClF2NO2. The fourth-order valence-electron chi connectivity index (χ4n) is 1.40. The molecule has 0 bridgehead atoms. The lowest BCUT2D eigenvalue weighted by molar-refractivity contribution is -0.137. The molecule has 1 unspecified atom stereocenters. The van der Waals surface area contributed by atoms with Crippen LogP contribution in [0, 0.1) is 0 Å². The molecule has 1 rings (SSSR count). The molecule has 17 heavy (non-hydrogen) atoms. The minimum absolute atomic E-state index is 0.0535. The highest BCUT2D eigenvalue weighted by Gasteiger charge is 2.25. The van der Waals surface area contributed by atoms with Crippen molar-refractivity contribution in [1.82, 2.24) is 0 Å². The first-order valence-electron chi connectivity index (χ1n) is 4.87. The molecule has 1 aromatic carbocycles. The van der Waals surface area contributed by atoms with Gasteiger partial charge in [0.05, 0.1) is 6.42 Å². The maximum atomic E-state index is 13.0. The number of benzene rings is 1. The molecule has 0 amide bonds. The summed E-state index contributed by atoms with van der Waals surface area (Å²) in [4.78, 5) is 10.5. The van der Waals surface area contributed by atoms with Crippen LogP contribution in [0.2, 0.25) is 5.02 Å². The zero-order valence-corrected chi connectivity index (χ0v) is 9.84. The Kier molecular flexibility index (Phi) is 4.06. The topological polar surface area (TPSA) is 63.3 Å². The summed E-state index contributed by atoms with van der Waals surface area (Å²) in [6, 6.07) is 2.84. The molecule has 94 valence electrons. The van der Waals surface area contributed by atoms with Gasteiger partial charge >= 0.3 is 5.97 Å². The Labute approximate surface area is 102 Å². The number of rotatable bonds is 4. The third-order valence-corrected chi connectivity index (χ3v) is 2.63. The summed E-state index contributed by atoms with van der Waals surface area (Å²) in [6.07, 6.45) is -0.304. The van der Waals surface area contributed by atoms with Gasteiger partial charge in [-0.1, -0.05) is 23.7 Å². The van der Waals surface area contributed by atoms with Crippen LogP contribution in [0.25, 0.3) is 0 Å². The van der Waals surface area contributed by atoms with Crippen LogP contribution in [0.4, 0.5) is 8.78 Å². The van der Waals surface area contributed by atoms with E-state index >= 15 is 0 Å². The normalized spacial score (nSPS) is 13.5. The zero-order chi connectivity index (χ0) is 13.2. The third kappa shape index (κ3) is 3.64. The van der Waals surface area contributed by atoms with Crippen LogP contribution < -0.4 is 5.73 Å². The van der Waals surface area contributed by atoms with Crippen LogP contribution in [0.15, 0.2) is 18.2 Å². The number of alkyl halides is 2. The molecule has 3 N–H and O–H groups in total. The van der Waals surface area contributed by atoms with E-state index in [4.69, 9.17) is 22.4 Å². The van der Waals surface area contributed by atoms with E-state index in [9.17, 15) is 13.6 Å². The molecule has 1 aromatic rings. The Bertz CT molecular complexity index is 432. The zero-order valence-electron chi connectivity index (χ0n) is 9.08. The monoisotopic (exact) mass is 263 g/mol. The van der Waals surface area contributed by atoms with E-state index in [-0.39, 0.29) is 17.0 Å². The van der Waals surface area contributed by atoms with Crippen LogP contribution in [0.3, 0.4) is 0 Å². The van der Waals surface area contributed by atoms with Gasteiger partial charge in [0.1, 0.15) is 0 Å². The Morgan fingerprint density at radius 3 is 2.59 bits per heavy atom. The first-order chi connectivity index (χ1) is 7.71. The van der Waals surface area contributed by atoms with E-state index in [2.05, 4.69) is 0 Å². The van der Waals surface area contributed by atoms with E-state index in [1.54, 1.807) is 0 Å². The van der Waals surface area contributed by atoms with Crippen molar-refractivity contribution < 1.29 is 18.7 Å². The Balaban J connectivity index is 3.02. The van der Waals surface area contributed by atoms with Gasteiger partial charge < -0.3 is 10.8 Å². The Morgan fingerprint density at radius 1 is 1.59 bits per heavy atom. The SMILES string of the molecule is CC(F)(F)c1ccc(C(N)CC(=O)O)c(Cl)c1. The number of hydrogen-bond acceptors (Lipinski definition) is 2. The maximum absolute atomic E-state index is 13.0. The van der Waals surface area contributed by atoms with E-state index in [1.807, 2.05) is 0 Å². The molecule has 0 aliphatic carbocycles. The van der Waals surface area contributed by atoms with Crippen molar-refractivity contribution in [2.45, 2.75) is 25.3 Å². The van der Waals surface area contributed by atoms with E-state index in [0.29, 0.717) is 5.56 Å². The highest BCUT2D eigenvalue weighted by molar-refractivity contribution is 6.31. The fraction of sp³-hybridized carbons (Fsp3) is 0.364. The number of halogens is 3. The van der Waals surface area contributed by atoms with E-state index < -0.39 is 17.9 Å². The number of nitrogens with two attached hydrogens (primary N) is 1. The Hall–Kier alpha value is -1.20. The predicted octanol–water partition coefficient (Wildman–Crippen LogP) is 2.93. The summed E-state index contributed by atoms with van der Waals surface area (Å²) in [6.45, 7) is 0.759. The minimum atomic E-state index is -2.99. The van der Waals surface area contributed by atoms with Crippen LogP contribution in [0.5, 0.6) is 0 Å². The summed E-state index contributed by atoms with van der Waals surface area (Å²) in [5, 5.41) is 8.63. The summed E-state index contributed by atoms with van der Waals surface area (Å²) in [7, 11) is 0. The van der Waals surface area contributed by atoms with Crippen molar-refractivity contribution in [2.24, 2.45) is 5.73 Å². The number of aliphatic carboxylic acids is 1. The standard InChI is InChI=1S/C11H12ClF2NO2/c1-11(13,14)6-2-3-7(8(12)4-6)9(15)5-10(16)17/h2-4,9H,5,15H2,1H3,(H,16,17). The van der Waals surface area contributed by atoms with Gasteiger partial charge in [0.25, 0.3) is 5.92 Å². The minimum Gasteiger partial charge on any atom is -0.481 e. The molecule has 1 atom stereocenters. The molecule has 0 saturated heterocycles. The van der Waals surface area contributed by atoms with Crippen molar-refractivity contribution in [3.63, 3.8) is 0 Å². The van der Waals surface area contributed by atoms with Gasteiger partial charge in [0, 0.05) is 23.6 Å². The van der Waals surface area contributed by atoms with E-state index in [1.165, 1.54) is 12.1 Å². The number of carbonyl (C=O) groups is 1. The quantitative estimate of drug-likeness (QED) is 0.878. The molecule has 0 radical (unpaired) electrons. The van der Waals surface area contributed by atoms with Crippen LogP contribution in [-0.2, 0) is 10.7 Å². The average molecular weight is 264 g/mol. The van der Waals surface area contributed by atoms with Gasteiger partial charge in [-0.2, -0.15) is 0 Å². The third-order valence-electron chi connectivity index (χ3n) is 2.30. The van der Waals surface area contributed by atoms with Gasteiger partial charge in [-0.25, -0.2) is 8.78 Å². The molecule has 0 aliphatic heterocycles. The smallest absolute Gasteiger partial charge is 0.305 e. The van der Waals surface area contributed by atoms with Gasteiger partial charge in [-0.3, -0.25) is 4.79 Å². The molecule has 0 aliphatic rings. The second-order valence-corrected chi connectivity index (χ2v) is 4.24. The lowest BCUT2D eigenvalue weighted by atomic mass is 10.0. The summed E-state index contributed by atoms with van der Waals surface area (Å²) in [5.74, 6) is -4.06. The van der Waals surface area contributed by atoms with Crippen molar-refractivity contribution in [3.05, 3.63) is 34.3 Å². The first kappa shape index (κ1) is 13.9. The van der Waals surface area contributed by atoms with Crippen molar-refractivity contribution in [1.29, 1.82) is 0 Å². The fourth-order valence-corrected chi connectivity index (χ4v) is 1.72. The molecule has 3 nitrogen and oxygen atoms in total. The average Bonchev–Trinajstić information content (AvgIpc) is 2.14. The summed E-state index contributed by atoms with van der Waals surface area (Å²) >= 11 is 5.81. The molecular weight excluding hydrogens is 252 g/mol. The maximum Gasteiger partial charge on any atom is 0.305 e. The number of hydrogen-bond donors (Lipinski definition) is 2. The lowest BCUT2D eigenvalue weighted by Gasteiger charge is -2.15. The molecule has 0 fully saturated rings. The molecule has 0 saturated carbocycles. The lowest BCUT2D eigenvalue weighted by Crippen LogP contribution is -2.16. The van der Waals surface area contributed by atoms with Crippen molar-refractivity contribution in [3.8, 4) is 0 Å². The van der Waals surface area contributed by atoms with Gasteiger partial charge in [0.2, 0.25) is 0 Å². The predicted molar refractivity (Wildman–Crippen MR) is 60.2 cm³/mol. The van der Waals surface area contributed by atoms with Crippen LogP contribution in [-0.4, -0.2) is 11.1 Å². The number of carboxylic acid groups (broad SMARTS) is 1. The van der Waals surface area contributed by atoms with Crippen molar-refractivity contribution in [2.75, 3.05) is 0 Å². The molecule has 6 heteroatoms. The second kappa shape index (κ2) is 4.98. The van der Waals surface area contributed by atoms with Crippen LogP contribution in [0.1, 0.15) is 30.5 Å². The Morgan fingerprint density at radius 2 is 2.18 bits per heavy atom. The van der Waals surface area contributed by atoms with Gasteiger partial charge in [0.15, 0.2) is 0 Å². The first-order valence-corrected chi connectivity index (χ1v) is 5.24. The van der Waals surface area contributed by atoms with Gasteiger partial charge in [-0.15, -0.1) is 0 Å². The molecule has 0 aromatic heterocycles. The second-order valence-electron chi connectivity index (χ2n) is 3.83. The largest absolute Gasteiger partial charge is 0.481 e. The van der Waals surface area contributed by atoms with E-state index in [0.717, 1.165) is 13.0 Å². The highest BCUT2D eigenvalue weighted by Crippen LogP contribution is 2.32. The molecule has 0 spiro atoms. The van der Waals surface area contributed by atoms with Crippen molar-refractivity contribution >= 4 is 17.6 Å². The molecule has 0 heterocycles. The van der Waals surface area contributed by atoms with Crippen LogP contribution >= 0.6 is 11.6 Å². The summed E-state index contributed by atoms with van der Waals surface area (Å²) in [5.41, 5.74) is 5.72. The number of carboxylic acids is 1. The highest BCUT2D eigenvalue weighted by atomic mass is 35.5. The summed E-state index contributed by atoms with van der Waals surface area (Å²) < 4.78 is 26.0. The van der Waals surface area contributed by atoms with Gasteiger partial charge in [-0.05, 0) is 11.6 Å².